The largest absolute Gasteiger partial charge is 0.310 e. The second-order valence-electron chi connectivity index (χ2n) is 3.65. The average Bonchev–Trinajstić information content (AvgIpc) is 2.86. The monoisotopic (exact) mass is 349 g/mol. The number of nitrogens with two attached hydrogens (primary N) is 1. The van der Waals surface area contributed by atoms with Crippen LogP contribution >= 0.6 is 22.9 Å². The molecular weight excluding hydrogens is 342 g/mol. The first-order valence-electron chi connectivity index (χ1n) is 5.22. The lowest BCUT2D eigenvalue weighted by molar-refractivity contribution is -0.383. The molecule has 0 spiro atoms. The van der Waals surface area contributed by atoms with Gasteiger partial charge >= 0.3 is 5.69 Å². The number of halogens is 1. The molecule has 0 aliphatic carbocycles. The van der Waals surface area contributed by atoms with E-state index < -0.39 is 20.6 Å². The molecule has 2 heterocycles. The number of nitrogens with zero attached hydrogens (tertiary/aromatic N) is 2. The van der Waals surface area contributed by atoms with Crippen molar-refractivity contribution in [1.29, 1.82) is 0 Å². The van der Waals surface area contributed by atoms with Gasteiger partial charge in [0.05, 0.1) is 9.95 Å². The normalized spacial score (nSPS) is 11.1. The van der Waals surface area contributed by atoms with Gasteiger partial charge in [-0.15, -0.1) is 0 Å². The van der Waals surface area contributed by atoms with Gasteiger partial charge in [0.2, 0.25) is 0 Å². The molecule has 0 unspecified atom stereocenters. The van der Waals surface area contributed by atoms with E-state index in [2.05, 4.69) is 15.1 Å². The Hall–Kier alpha value is -1.95. The number of hydrogen-bond donors (Lipinski definition) is 3. The van der Waals surface area contributed by atoms with E-state index in [0.717, 1.165) is 6.07 Å². The molecule has 0 atom stereocenters. The van der Waals surface area contributed by atoms with Crippen LogP contribution in [0, 0.1) is 10.1 Å². The fourth-order valence-electron chi connectivity index (χ4n) is 1.36. The molecule has 0 aliphatic heterocycles. The molecule has 0 bridgehead atoms. The number of pyridine rings is 1. The third kappa shape index (κ3) is 3.39. The van der Waals surface area contributed by atoms with E-state index in [0.29, 0.717) is 16.4 Å². The van der Waals surface area contributed by atoms with Gasteiger partial charge in [0, 0.05) is 12.3 Å². The Bertz CT molecular complexity index is 774. The van der Waals surface area contributed by atoms with Crippen molar-refractivity contribution >= 4 is 49.5 Å². The summed E-state index contributed by atoms with van der Waals surface area (Å²) in [4.78, 5) is 13.8. The molecule has 0 radical (unpaired) electrons. The van der Waals surface area contributed by atoms with Crippen LogP contribution < -0.4 is 16.0 Å². The predicted octanol–water partition coefficient (Wildman–Crippen LogP) is 1.79. The van der Waals surface area contributed by atoms with Gasteiger partial charge in [-0.05, 0) is 12.1 Å². The molecule has 0 saturated heterocycles. The summed E-state index contributed by atoms with van der Waals surface area (Å²) in [5, 5.41) is 11.1. The van der Waals surface area contributed by atoms with Crippen LogP contribution in [-0.2, 0) is 10.0 Å². The van der Waals surface area contributed by atoms with Gasteiger partial charge in [0.25, 0.3) is 10.0 Å². The summed E-state index contributed by atoms with van der Waals surface area (Å²) in [5.41, 5.74) is 1.67. The van der Waals surface area contributed by atoms with Gasteiger partial charge in [-0.2, -0.15) is 0 Å². The second-order valence-corrected chi connectivity index (χ2v) is 7.05. The minimum Gasteiger partial charge on any atom is -0.310 e. The smallest absolute Gasteiger partial charge is 0.306 e. The first-order valence-corrected chi connectivity index (χ1v) is 7.90. The minimum atomic E-state index is -4.01. The zero-order valence-electron chi connectivity index (χ0n) is 10.1. The number of nitrogen functional groups attached to an aromatic ring is 1. The summed E-state index contributed by atoms with van der Waals surface area (Å²) in [7, 11) is -4.01. The maximum absolute atomic E-state index is 12.1. The molecule has 0 saturated carbocycles. The maximum Gasteiger partial charge on any atom is 0.306 e. The number of rotatable bonds is 5. The van der Waals surface area contributed by atoms with Gasteiger partial charge in [0.1, 0.15) is 10.0 Å². The number of nitrogens with one attached hydrogen (secondary N) is 2. The molecule has 0 fully saturated rings. The Morgan fingerprint density at radius 3 is 2.62 bits per heavy atom. The topological polar surface area (TPSA) is 140 Å². The molecule has 12 heteroatoms. The Morgan fingerprint density at radius 1 is 1.43 bits per heavy atom. The van der Waals surface area contributed by atoms with Crippen molar-refractivity contribution in [1.82, 2.24) is 4.98 Å². The maximum atomic E-state index is 12.1. The highest BCUT2D eigenvalue weighted by Gasteiger charge is 2.26. The van der Waals surface area contributed by atoms with E-state index in [1.807, 2.05) is 0 Å². The number of sulfonamides is 1. The van der Waals surface area contributed by atoms with Crippen molar-refractivity contribution in [2.45, 2.75) is 4.21 Å². The lowest BCUT2D eigenvalue weighted by atomic mass is 10.5. The predicted molar refractivity (Wildman–Crippen MR) is 78.8 cm³/mol. The SMILES string of the molecule is NNc1sc(S(=O)(=O)Nc2ccc(Cl)cn2)cc1[N+](=O)[O-]. The zero-order valence-corrected chi connectivity index (χ0v) is 12.5. The van der Waals surface area contributed by atoms with Crippen molar-refractivity contribution in [3.63, 3.8) is 0 Å². The Kier molecular flexibility index (Phi) is 4.27. The summed E-state index contributed by atoms with van der Waals surface area (Å²) in [6.45, 7) is 0. The number of anilines is 2. The highest BCUT2D eigenvalue weighted by molar-refractivity contribution is 7.94. The number of aromatic nitrogens is 1. The van der Waals surface area contributed by atoms with Crippen LogP contribution in [0.2, 0.25) is 5.02 Å². The summed E-state index contributed by atoms with van der Waals surface area (Å²) in [6, 6.07) is 3.73. The molecule has 9 nitrogen and oxygen atoms in total. The molecule has 21 heavy (non-hydrogen) atoms. The molecule has 4 N–H and O–H groups in total. The fourth-order valence-corrected chi connectivity index (χ4v) is 3.71. The van der Waals surface area contributed by atoms with Gasteiger partial charge in [-0.3, -0.25) is 14.8 Å². The molecule has 0 aliphatic rings. The van der Waals surface area contributed by atoms with Gasteiger partial charge < -0.3 is 5.43 Å². The molecule has 2 rings (SSSR count). The molecular formula is C9H8ClN5O4S2. The van der Waals surface area contributed by atoms with E-state index in [1.165, 1.54) is 18.3 Å². The van der Waals surface area contributed by atoms with Crippen LogP contribution in [0.5, 0.6) is 0 Å². The van der Waals surface area contributed by atoms with Crippen LogP contribution in [0.15, 0.2) is 28.6 Å². The van der Waals surface area contributed by atoms with E-state index in [1.54, 1.807) is 0 Å². The van der Waals surface area contributed by atoms with E-state index >= 15 is 0 Å². The van der Waals surface area contributed by atoms with Crippen molar-refractivity contribution in [2.75, 3.05) is 10.1 Å². The number of hydrogen-bond acceptors (Lipinski definition) is 8. The van der Waals surface area contributed by atoms with Crippen molar-refractivity contribution < 1.29 is 13.3 Å². The van der Waals surface area contributed by atoms with Crippen molar-refractivity contribution in [2.24, 2.45) is 5.84 Å². The lowest BCUT2D eigenvalue weighted by Gasteiger charge is -2.04. The highest BCUT2D eigenvalue weighted by Crippen LogP contribution is 2.36. The standard InChI is InChI=1S/C9H8ClN5O4S2/c10-5-1-2-7(12-4-5)14-21(18,19)8-3-6(15(16)17)9(13-11)20-8/h1-4,13H,11H2,(H,12,14). The van der Waals surface area contributed by atoms with E-state index in [4.69, 9.17) is 17.4 Å². The molecule has 0 aromatic carbocycles. The number of thiophene rings is 1. The summed E-state index contributed by atoms with van der Waals surface area (Å²) in [6.07, 6.45) is 1.27. The van der Waals surface area contributed by atoms with Crippen molar-refractivity contribution in [3.05, 3.63) is 39.5 Å². The van der Waals surface area contributed by atoms with Crippen LogP contribution in [0.1, 0.15) is 0 Å². The summed E-state index contributed by atoms with van der Waals surface area (Å²) < 4.78 is 26.2. The van der Waals surface area contributed by atoms with Crippen LogP contribution in [0.25, 0.3) is 0 Å². The van der Waals surface area contributed by atoms with Crippen LogP contribution in [0.4, 0.5) is 16.5 Å². The average molecular weight is 350 g/mol. The quantitative estimate of drug-likeness (QED) is 0.424. The zero-order chi connectivity index (χ0) is 15.6. The second kappa shape index (κ2) is 5.81. The van der Waals surface area contributed by atoms with E-state index in [-0.39, 0.29) is 15.0 Å². The highest BCUT2D eigenvalue weighted by atomic mass is 35.5. The number of hydrazine groups is 1. The lowest BCUT2D eigenvalue weighted by Crippen LogP contribution is -2.12. The molecule has 112 valence electrons. The first-order chi connectivity index (χ1) is 9.83. The van der Waals surface area contributed by atoms with Crippen LogP contribution in [0.3, 0.4) is 0 Å². The van der Waals surface area contributed by atoms with Crippen molar-refractivity contribution in [3.8, 4) is 0 Å². The Morgan fingerprint density at radius 2 is 2.14 bits per heavy atom. The molecule has 2 aromatic heterocycles. The van der Waals surface area contributed by atoms with Gasteiger partial charge in [0.15, 0.2) is 5.00 Å². The minimum absolute atomic E-state index is 0.0395. The van der Waals surface area contributed by atoms with E-state index in [9.17, 15) is 18.5 Å². The third-order valence-electron chi connectivity index (χ3n) is 2.25. The summed E-state index contributed by atoms with van der Waals surface area (Å²) >= 11 is 6.28. The molecule has 0 amide bonds. The van der Waals surface area contributed by atoms with Crippen LogP contribution in [-0.4, -0.2) is 18.3 Å². The Balaban J connectivity index is 2.35. The Labute approximate surface area is 127 Å². The first kappa shape index (κ1) is 15.4. The molecule has 2 aromatic rings. The fraction of sp³-hybridized carbons (Fsp3) is 0. The number of nitro groups is 1. The van der Waals surface area contributed by atoms with Gasteiger partial charge in [-0.25, -0.2) is 19.2 Å². The summed E-state index contributed by atoms with van der Waals surface area (Å²) in [5.74, 6) is 5.17. The third-order valence-corrected chi connectivity index (χ3v) is 5.36. The van der Waals surface area contributed by atoms with Gasteiger partial charge in [-0.1, -0.05) is 22.9 Å².